The first kappa shape index (κ1) is 16.9. The van der Waals surface area contributed by atoms with Crippen molar-refractivity contribution in [2.45, 2.75) is 32.3 Å². The maximum atomic E-state index is 10.7. The molecular weight excluding hydrogens is 271 g/mol. The van der Waals surface area contributed by atoms with Gasteiger partial charge in [0.2, 0.25) is 0 Å². The van der Waals surface area contributed by atoms with Gasteiger partial charge < -0.3 is 4.55 Å². The molecule has 1 aromatic heterocycles. The average Bonchev–Trinajstić information content (AvgIpc) is 2.27. The Labute approximate surface area is 104 Å². The van der Waals surface area contributed by atoms with Crippen LogP contribution in [-0.4, -0.2) is 18.5 Å². The molecule has 0 amide bonds. The molecule has 0 radical (unpaired) electrons. The van der Waals surface area contributed by atoms with Crippen LogP contribution < -0.4 is 4.57 Å². The minimum absolute atomic E-state index is 1.07. The van der Waals surface area contributed by atoms with Crippen molar-refractivity contribution in [2.75, 3.05) is 0 Å². The molecule has 18 heavy (non-hydrogen) atoms. The number of halogens is 3. The van der Waals surface area contributed by atoms with Crippen LogP contribution in [-0.2, 0) is 23.1 Å². The lowest BCUT2D eigenvalue weighted by atomic mass is 10.3. The number of aromatic nitrogens is 1. The molecule has 0 aliphatic carbocycles. The van der Waals surface area contributed by atoms with Crippen molar-refractivity contribution in [3.8, 4) is 0 Å². The normalized spacial score (nSPS) is 11.7. The quantitative estimate of drug-likeness (QED) is 0.471. The number of pyridine rings is 1. The van der Waals surface area contributed by atoms with E-state index in [1.54, 1.807) is 0 Å². The van der Waals surface area contributed by atoms with Gasteiger partial charge in [0.25, 0.3) is 0 Å². The zero-order valence-electron chi connectivity index (χ0n) is 9.94. The first-order valence-electron chi connectivity index (χ1n) is 5.13. The van der Waals surface area contributed by atoms with Crippen molar-refractivity contribution in [2.24, 2.45) is 0 Å². The number of rotatable bonds is 2. The van der Waals surface area contributed by atoms with Gasteiger partial charge in [-0.05, 0) is 6.92 Å². The second-order valence-electron chi connectivity index (χ2n) is 3.23. The van der Waals surface area contributed by atoms with Crippen LogP contribution in [0.25, 0.3) is 0 Å². The second kappa shape index (κ2) is 6.69. The predicted octanol–water partition coefficient (Wildman–Crippen LogP) is 1.61. The highest BCUT2D eigenvalue weighted by molar-refractivity contribution is 7.86. The number of nitrogens with zero attached hydrogens (tertiary/aromatic N) is 1. The third-order valence-corrected chi connectivity index (χ3v) is 2.59. The van der Waals surface area contributed by atoms with E-state index in [2.05, 4.69) is 42.8 Å². The van der Waals surface area contributed by atoms with Crippen LogP contribution in [0.3, 0.4) is 0 Å². The third kappa shape index (κ3) is 5.46. The van der Waals surface area contributed by atoms with E-state index in [9.17, 15) is 13.2 Å². The third-order valence-electron chi connectivity index (χ3n) is 2.02. The summed E-state index contributed by atoms with van der Waals surface area (Å²) in [7, 11) is -6.09. The summed E-state index contributed by atoms with van der Waals surface area (Å²) in [5, 5.41) is 0. The standard InChI is InChI=1S/C9H14N.CHF3O3S/c1-3-9-7-5-6-8-10(9)4-2;2-1(3,4)8(5,6)7/h5-8H,3-4H2,1-2H3;(H,5,6,7)/q+1;/p-1. The van der Waals surface area contributed by atoms with E-state index in [-0.39, 0.29) is 0 Å². The van der Waals surface area contributed by atoms with E-state index in [0.717, 1.165) is 13.0 Å². The van der Waals surface area contributed by atoms with Crippen LogP contribution in [0.1, 0.15) is 19.5 Å². The Balaban J connectivity index is 0.000000331. The summed E-state index contributed by atoms with van der Waals surface area (Å²) < 4.78 is 61.2. The van der Waals surface area contributed by atoms with Crippen LogP contribution in [0, 0.1) is 0 Å². The molecule has 4 nitrogen and oxygen atoms in total. The van der Waals surface area contributed by atoms with Crippen molar-refractivity contribution >= 4 is 10.1 Å². The Morgan fingerprint density at radius 1 is 1.28 bits per heavy atom. The van der Waals surface area contributed by atoms with Gasteiger partial charge in [0.05, 0.1) is 0 Å². The van der Waals surface area contributed by atoms with Crippen molar-refractivity contribution in [1.29, 1.82) is 0 Å². The molecule has 0 unspecified atom stereocenters. The summed E-state index contributed by atoms with van der Waals surface area (Å²) in [5.74, 6) is 0. The minimum Gasteiger partial charge on any atom is -0.741 e. The second-order valence-corrected chi connectivity index (χ2v) is 4.60. The number of hydrogen-bond donors (Lipinski definition) is 0. The van der Waals surface area contributed by atoms with E-state index in [4.69, 9.17) is 13.0 Å². The highest BCUT2D eigenvalue weighted by Crippen LogP contribution is 2.20. The molecule has 0 saturated carbocycles. The summed E-state index contributed by atoms with van der Waals surface area (Å²) in [6, 6.07) is 6.33. The molecule has 1 rings (SSSR count). The molecule has 0 atom stereocenters. The summed E-state index contributed by atoms with van der Waals surface area (Å²) >= 11 is 0. The molecule has 0 N–H and O–H groups in total. The SMILES string of the molecule is CCc1cccc[n+]1CC.O=S(=O)([O-])C(F)(F)F. The van der Waals surface area contributed by atoms with E-state index in [1.165, 1.54) is 5.69 Å². The van der Waals surface area contributed by atoms with E-state index in [0.29, 0.717) is 0 Å². The predicted molar refractivity (Wildman–Crippen MR) is 57.4 cm³/mol. The topological polar surface area (TPSA) is 61.1 Å². The van der Waals surface area contributed by atoms with Gasteiger partial charge in [0.15, 0.2) is 22.0 Å². The lowest BCUT2D eigenvalue weighted by molar-refractivity contribution is -0.700. The Hall–Kier alpha value is -1.15. The lowest BCUT2D eigenvalue weighted by Crippen LogP contribution is -2.36. The van der Waals surface area contributed by atoms with Gasteiger partial charge in [-0.1, -0.05) is 13.0 Å². The number of aryl methyl sites for hydroxylation is 2. The molecule has 0 bridgehead atoms. The maximum absolute atomic E-state index is 10.7. The highest BCUT2D eigenvalue weighted by atomic mass is 32.2. The van der Waals surface area contributed by atoms with Gasteiger partial charge >= 0.3 is 5.51 Å². The molecule has 0 aliphatic rings. The van der Waals surface area contributed by atoms with Crippen LogP contribution in [0.2, 0.25) is 0 Å². The van der Waals surface area contributed by atoms with E-state index >= 15 is 0 Å². The summed E-state index contributed by atoms with van der Waals surface area (Å²) in [5.41, 5.74) is -4.24. The molecule has 0 aromatic carbocycles. The lowest BCUT2D eigenvalue weighted by Gasteiger charge is -2.08. The van der Waals surface area contributed by atoms with Gasteiger partial charge in [-0.2, -0.15) is 13.2 Å². The Kier molecular flexibility index (Phi) is 6.27. The molecule has 104 valence electrons. The Morgan fingerprint density at radius 3 is 2.06 bits per heavy atom. The fraction of sp³-hybridized carbons (Fsp3) is 0.500. The van der Waals surface area contributed by atoms with Gasteiger partial charge in [0, 0.05) is 18.6 Å². The van der Waals surface area contributed by atoms with Crippen molar-refractivity contribution < 1.29 is 30.7 Å². The summed E-state index contributed by atoms with van der Waals surface area (Å²) in [4.78, 5) is 0. The van der Waals surface area contributed by atoms with Crippen LogP contribution in [0.5, 0.6) is 0 Å². The van der Waals surface area contributed by atoms with Crippen molar-refractivity contribution in [3.05, 3.63) is 30.1 Å². The molecular formula is C10H14F3NO3S. The van der Waals surface area contributed by atoms with E-state index in [1.807, 2.05) is 0 Å². The molecule has 1 heterocycles. The van der Waals surface area contributed by atoms with Crippen molar-refractivity contribution in [3.63, 3.8) is 0 Å². The zero-order valence-corrected chi connectivity index (χ0v) is 10.8. The molecule has 0 spiro atoms. The molecule has 0 fully saturated rings. The molecule has 0 aliphatic heterocycles. The molecule has 1 aromatic rings. The van der Waals surface area contributed by atoms with Gasteiger partial charge in [-0.25, -0.2) is 13.0 Å². The summed E-state index contributed by atoms with van der Waals surface area (Å²) in [6.45, 7) is 5.42. The smallest absolute Gasteiger partial charge is 0.485 e. The van der Waals surface area contributed by atoms with Crippen LogP contribution >= 0.6 is 0 Å². The fourth-order valence-electron chi connectivity index (χ4n) is 1.14. The van der Waals surface area contributed by atoms with Crippen LogP contribution in [0.15, 0.2) is 24.4 Å². The molecule has 8 heteroatoms. The average molecular weight is 285 g/mol. The van der Waals surface area contributed by atoms with Gasteiger partial charge in [-0.3, -0.25) is 0 Å². The monoisotopic (exact) mass is 285 g/mol. The fourth-order valence-corrected chi connectivity index (χ4v) is 1.14. The highest BCUT2D eigenvalue weighted by Gasteiger charge is 2.36. The number of hydrogen-bond acceptors (Lipinski definition) is 3. The van der Waals surface area contributed by atoms with Crippen LogP contribution in [0.4, 0.5) is 13.2 Å². The number of alkyl halides is 3. The first-order valence-corrected chi connectivity index (χ1v) is 6.53. The summed E-state index contributed by atoms with van der Waals surface area (Å²) in [6.07, 6.45) is 3.24. The van der Waals surface area contributed by atoms with Gasteiger partial charge in [-0.15, -0.1) is 0 Å². The van der Waals surface area contributed by atoms with Gasteiger partial charge in [0.1, 0.15) is 6.54 Å². The van der Waals surface area contributed by atoms with Crippen molar-refractivity contribution in [1.82, 2.24) is 0 Å². The molecule has 0 saturated heterocycles. The Bertz CT molecular complexity index is 449. The van der Waals surface area contributed by atoms with E-state index < -0.39 is 15.6 Å². The Morgan fingerprint density at radius 2 is 1.78 bits per heavy atom. The zero-order chi connectivity index (χ0) is 14.4. The maximum Gasteiger partial charge on any atom is 0.485 e. The first-order chi connectivity index (χ1) is 8.13. The largest absolute Gasteiger partial charge is 0.741 e. The minimum atomic E-state index is -6.09.